The molecule has 20 heavy (non-hydrogen) atoms. The Morgan fingerprint density at radius 1 is 1.45 bits per heavy atom. The first-order valence-corrected chi connectivity index (χ1v) is 7.53. The van der Waals surface area contributed by atoms with Gasteiger partial charge in [-0.15, -0.1) is 11.3 Å². The number of carboxylic acids is 1. The molecule has 0 aliphatic rings. The van der Waals surface area contributed by atoms with E-state index in [1.165, 1.54) is 11.3 Å². The van der Waals surface area contributed by atoms with Crippen LogP contribution in [0.15, 0.2) is 5.38 Å². The Kier molecular flexibility index (Phi) is 6.44. The third-order valence-electron chi connectivity index (χ3n) is 2.80. The summed E-state index contributed by atoms with van der Waals surface area (Å²) in [5.74, 6) is -1.01. The third-order valence-corrected chi connectivity index (χ3v) is 3.95. The molecular weight excluding hydrogens is 278 g/mol. The van der Waals surface area contributed by atoms with E-state index in [1.807, 2.05) is 26.2 Å². The number of carbonyl (C=O) groups is 2. The van der Waals surface area contributed by atoms with Gasteiger partial charge in [0, 0.05) is 11.1 Å². The fourth-order valence-electron chi connectivity index (χ4n) is 1.69. The van der Waals surface area contributed by atoms with Gasteiger partial charge in [-0.05, 0) is 20.3 Å². The van der Waals surface area contributed by atoms with E-state index in [9.17, 15) is 9.59 Å². The number of carbonyl (C=O) groups excluding carboxylic acids is 1. The van der Waals surface area contributed by atoms with Gasteiger partial charge in [-0.25, -0.2) is 14.6 Å². The van der Waals surface area contributed by atoms with Crippen molar-refractivity contribution in [2.75, 3.05) is 0 Å². The molecular formula is C13H21N3O3S. The van der Waals surface area contributed by atoms with Gasteiger partial charge in [0.2, 0.25) is 0 Å². The number of aryl methyl sites for hydroxylation is 1. The van der Waals surface area contributed by atoms with Gasteiger partial charge >= 0.3 is 12.0 Å². The molecule has 0 aliphatic heterocycles. The number of aliphatic carboxylic acids is 1. The molecule has 7 heteroatoms. The van der Waals surface area contributed by atoms with Crippen LogP contribution in [0.1, 0.15) is 49.9 Å². The van der Waals surface area contributed by atoms with Gasteiger partial charge in [-0.1, -0.05) is 19.8 Å². The molecule has 0 saturated heterocycles. The van der Waals surface area contributed by atoms with Crippen molar-refractivity contribution in [3.63, 3.8) is 0 Å². The Morgan fingerprint density at radius 3 is 2.65 bits per heavy atom. The zero-order valence-electron chi connectivity index (χ0n) is 12.0. The summed E-state index contributed by atoms with van der Waals surface area (Å²) in [5.41, 5.74) is 0.908. The molecule has 2 atom stereocenters. The second-order valence-corrected chi connectivity index (χ2v) is 5.59. The summed E-state index contributed by atoms with van der Waals surface area (Å²) in [6.07, 6.45) is 2.09. The first kappa shape index (κ1) is 16.4. The zero-order valence-corrected chi connectivity index (χ0v) is 12.8. The fraction of sp³-hybridized carbons (Fsp3) is 0.615. The Morgan fingerprint density at radius 2 is 2.15 bits per heavy atom. The molecule has 2 amide bonds. The van der Waals surface area contributed by atoms with Gasteiger partial charge in [0.05, 0.1) is 6.04 Å². The van der Waals surface area contributed by atoms with Crippen molar-refractivity contribution in [1.29, 1.82) is 0 Å². The predicted molar refractivity (Wildman–Crippen MR) is 77.9 cm³/mol. The summed E-state index contributed by atoms with van der Waals surface area (Å²) >= 11 is 1.47. The highest BCUT2D eigenvalue weighted by Gasteiger charge is 2.20. The van der Waals surface area contributed by atoms with E-state index in [0.29, 0.717) is 6.42 Å². The number of unbranched alkanes of at least 4 members (excludes halogenated alkanes) is 1. The van der Waals surface area contributed by atoms with Crippen molar-refractivity contribution in [2.45, 2.75) is 52.1 Å². The van der Waals surface area contributed by atoms with Crippen LogP contribution in [0.25, 0.3) is 0 Å². The van der Waals surface area contributed by atoms with Crippen LogP contribution < -0.4 is 10.6 Å². The molecule has 0 aliphatic carbocycles. The van der Waals surface area contributed by atoms with E-state index in [2.05, 4.69) is 15.6 Å². The Labute approximate surface area is 122 Å². The van der Waals surface area contributed by atoms with Crippen LogP contribution in [0.5, 0.6) is 0 Å². The molecule has 0 fully saturated rings. The minimum Gasteiger partial charge on any atom is -0.480 e. The van der Waals surface area contributed by atoms with Gasteiger partial charge in [0.15, 0.2) is 0 Å². The molecule has 6 nitrogen and oxygen atoms in total. The van der Waals surface area contributed by atoms with Crippen molar-refractivity contribution >= 4 is 23.3 Å². The van der Waals surface area contributed by atoms with Crippen molar-refractivity contribution in [3.8, 4) is 0 Å². The molecule has 1 rings (SSSR count). The van der Waals surface area contributed by atoms with Crippen molar-refractivity contribution in [1.82, 2.24) is 15.6 Å². The Bertz CT molecular complexity index is 461. The molecule has 3 N–H and O–H groups in total. The number of thiazole rings is 1. The van der Waals surface area contributed by atoms with Gasteiger partial charge < -0.3 is 15.7 Å². The van der Waals surface area contributed by atoms with Crippen molar-refractivity contribution in [3.05, 3.63) is 16.1 Å². The summed E-state index contributed by atoms with van der Waals surface area (Å²) in [4.78, 5) is 27.1. The highest BCUT2D eigenvalue weighted by atomic mass is 32.1. The van der Waals surface area contributed by atoms with Crippen LogP contribution in [0.2, 0.25) is 0 Å². The van der Waals surface area contributed by atoms with Crippen LogP contribution in [0, 0.1) is 6.92 Å². The molecule has 0 saturated carbocycles. The van der Waals surface area contributed by atoms with Gasteiger partial charge in [-0.2, -0.15) is 0 Å². The number of carboxylic acid groups (broad SMARTS) is 1. The summed E-state index contributed by atoms with van der Waals surface area (Å²) in [5, 5.41) is 17.0. The molecule has 0 spiro atoms. The van der Waals surface area contributed by atoms with Crippen LogP contribution in [0.4, 0.5) is 4.79 Å². The lowest BCUT2D eigenvalue weighted by molar-refractivity contribution is -0.139. The molecule has 2 unspecified atom stereocenters. The first-order chi connectivity index (χ1) is 9.43. The van der Waals surface area contributed by atoms with E-state index in [1.54, 1.807) is 0 Å². The minimum absolute atomic E-state index is 0.241. The molecule has 0 radical (unpaired) electrons. The highest BCUT2D eigenvalue weighted by molar-refractivity contribution is 7.09. The molecule has 112 valence electrons. The number of hydrogen-bond acceptors (Lipinski definition) is 4. The molecule has 0 bridgehead atoms. The molecule has 1 aromatic rings. The summed E-state index contributed by atoms with van der Waals surface area (Å²) in [6.45, 7) is 5.68. The number of hydrogen-bond donors (Lipinski definition) is 3. The van der Waals surface area contributed by atoms with Crippen LogP contribution in [-0.4, -0.2) is 28.1 Å². The number of nitrogens with zero attached hydrogens (tertiary/aromatic N) is 1. The Hall–Kier alpha value is -1.63. The van der Waals surface area contributed by atoms with E-state index >= 15 is 0 Å². The smallest absolute Gasteiger partial charge is 0.326 e. The van der Waals surface area contributed by atoms with Gasteiger partial charge in [-0.3, -0.25) is 0 Å². The van der Waals surface area contributed by atoms with Crippen molar-refractivity contribution < 1.29 is 14.7 Å². The summed E-state index contributed by atoms with van der Waals surface area (Å²) < 4.78 is 0. The second kappa shape index (κ2) is 7.84. The average Bonchev–Trinajstić information content (AvgIpc) is 2.80. The number of rotatable bonds is 7. The van der Waals surface area contributed by atoms with E-state index in [-0.39, 0.29) is 6.04 Å². The van der Waals surface area contributed by atoms with Gasteiger partial charge in [0.1, 0.15) is 11.0 Å². The number of nitrogens with one attached hydrogen (secondary N) is 2. The van der Waals surface area contributed by atoms with Crippen molar-refractivity contribution in [2.24, 2.45) is 0 Å². The van der Waals surface area contributed by atoms with Gasteiger partial charge in [0.25, 0.3) is 0 Å². The van der Waals surface area contributed by atoms with Crippen LogP contribution >= 0.6 is 11.3 Å². The largest absolute Gasteiger partial charge is 0.480 e. The lowest BCUT2D eigenvalue weighted by Crippen LogP contribution is -2.46. The summed E-state index contributed by atoms with van der Waals surface area (Å²) in [6, 6.07) is -1.57. The minimum atomic E-state index is -1.01. The molecule has 1 heterocycles. The average molecular weight is 299 g/mol. The van der Waals surface area contributed by atoms with Crippen LogP contribution in [-0.2, 0) is 4.79 Å². The Balaban J connectivity index is 2.50. The predicted octanol–water partition coefficient (Wildman–Crippen LogP) is 2.46. The first-order valence-electron chi connectivity index (χ1n) is 6.65. The topological polar surface area (TPSA) is 91.3 Å². The second-order valence-electron chi connectivity index (χ2n) is 4.70. The molecule has 0 aromatic carbocycles. The van der Waals surface area contributed by atoms with E-state index in [0.717, 1.165) is 23.5 Å². The lowest BCUT2D eigenvalue weighted by atomic mass is 10.1. The standard InChI is InChI=1S/C13H21N3O3S/c1-4-5-6-10(12(17)18)16-13(19)15-9(3)11-14-8(2)7-20-11/h7,9-10H,4-6H2,1-3H3,(H,17,18)(H2,15,16,19). The van der Waals surface area contributed by atoms with Crippen LogP contribution in [0.3, 0.4) is 0 Å². The highest BCUT2D eigenvalue weighted by Crippen LogP contribution is 2.17. The maximum atomic E-state index is 11.8. The number of urea groups is 1. The zero-order chi connectivity index (χ0) is 15.1. The molecule has 1 aromatic heterocycles. The van der Waals surface area contributed by atoms with E-state index < -0.39 is 18.0 Å². The monoisotopic (exact) mass is 299 g/mol. The fourth-order valence-corrected chi connectivity index (χ4v) is 2.50. The SMILES string of the molecule is CCCCC(NC(=O)NC(C)c1nc(C)cs1)C(=O)O. The summed E-state index contributed by atoms with van der Waals surface area (Å²) in [7, 11) is 0. The van der Waals surface area contributed by atoms with E-state index in [4.69, 9.17) is 5.11 Å². The third kappa shape index (κ3) is 5.16. The normalized spacial score (nSPS) is 13.6. The maximum Gasteiger partial charge on any atom is 0.326 e. The number of amides is 2. The quantitative estimate of drug-likeness (QED) is 0.721. The maximum absolute atomic E-state index is 11.8. The lowest BCUT2D eigenvalue weighted by Gasteiger charge is -2.17. The number of aromatic nitrogens is 1.